The fourth-order valence-corrected chi connectivity index (χ4v) is 3.69. The van der Waals surface area contributed by atoms with Crippen LogP contribution in [0.3, 0.4) is 0 Å². The molecule has 3 fully saturated rings. The molecule has 3 heterocycles. The highest BCUT2D eigenvalue weighted by atomic mass is 15.3. The van der Waals surface area contributed by atoms with Gasteiger partial charge in [-0.3, -0.25) is 9.88 Å². The number of hydrogen-bond donors (Lipinski definition) is 1. The van der Waals surface area contributed by atoms with Gasteiger partial charge < -0.3 is 10.2 Å². The number of nitrogens with zero attached hydrogens (tertiary/aromatic N) is 3. The predicted molar refractivity (Wildman–Crippen MR) is 85.5 cm³/mol. The summed E-state index contributed by atoms with van der Waals surface area (Å²) in [6, 6.07) is 5.99. The summed E-state index contributed by atoms with van der Waals surface area (Å²) in [6.45, 7) is 5.81. The van der Waals surface area contributed by atoms with E-state index in [0.29, 0.717) is 0 Å². The van der Waals surface area contributed by atoms with Gasteiger partial charge in [-0.05, 0) is 44.4 Å². The molecule has 0 bridgehead atoms. The number of fused-ring (bicyclic) bond motifs is 1. The lowest BCUT2D eigenvalue weighted by molar-refractivity contribution is 0.133. The van der Waals surface area contributed by atoms with Crippen LogP contribution in [-0.2, 0) is 6.54 Å². The smallest absolute Gasteiger partial charge is 0.0562 e. The van der Waals surface area contributed by atoms with E-state index < -0.39 is 0 Å². The molecule has 1 aromatic rings. The molecule has 1 aromatic heterocycles. The second-order valence-corrected chi connectivity index (χ2v) is 6.79. The number of pyridine rings is 1. The Bertz CT molecular complexity index is 485. The lowest BCUT2D eigenvalue weighted by Gasteiger charge is -2.45. The van der Waals surface area contributed by atoms with Gasteiger partial charge in [0, 0.05) is 50.1 Å². The van der Waals surface area contributed by atoms with E-state index in [1.54, 1.807) is 0 Å². The van der Waals surface area contributed by atoms with Crippen LogP contribution in [0, 0.1) is 0 Å². The monoisotopic (exact) mass is 286 g/mol. The van der Waals surface area contributed by atoms with Crippen molar-refractivity contribution in [2.45, 2.75) is 50.7 Å². The molecule has 1 aliphatic carbocycles. The summed E-state index contributed by atoms with van der Waals surface area (Å²) >= 11 is 0. The van der Waals surface area contributed by atoms with Gasteiger partial charge in [-0.2, -0.15) is 0 Å². The summed E-state index contributed by atoms with van der Waals surface area (Å²) in [4.78, 5) is 9.77. The Morgan fingerprint density at radius 2 is 2.10 bits per heavy atom. The van der Waals surface area contributed by atoms with Crippen LogP contribution >= 0.6 is 0 Å². The van der Waals surface area contributed by atoms with Crippen molar-refractivity contribution >= 4 is 5.69 Å². The molecule has 2 aliphatic heterocycles. The van der Waals surface area contributed by atoms with Gasteiger partial charge in [-0.1, -0.05) is 6.42 Å². The van der Waals surface area contributed by atoms with Crippen molar-refractivity contribution in [2.75, 3.05) is 31.1 Å². The third-order valence-corrected chi connectivity index (χ3v) is 5.15. The molecule has 1 saturated carbocycles. The van der Waals surface area contributed by atoms with E-state index in [1.165, 1.54) is 63.1 Å². The topological polar surface area (TPSA) is 31.4 Å². The fraction of sp³-hybridized carbons (Fsp3) is 0.706. The zero-order chi connectivity index (χ0) is 14.1. The number of rotatable bonds is 4. The normalized spacial score (nSPS) is 26.7. The van der Waals surface area contributed by atoms with Crippen LogP contribution in [0.2, 0.25) is 0 Å². The van der Waals surface area contributed by atoms with Crippen molar-refractivity contribution in [3.63, 3.8) is 0 Å². The molecule has 0 aromatic carbocycles. The Kier molecular flexibility index (Phi) is 3.82. The van der Waals surface area contributed by atoms with Gasteiger partial charge in [0.1, 0.15) is 0 Å². The van der Waals surface area contributed by atoms with Crippen molar-refractivity contribution in [3.05, 3.63) is 24.0 Å². The maximum atomic E-state index is 4.52. The third-order valence-electron chi connectivity index (χ3n) is 5.15. The molecule has 1 unspecified atom stereocenters. The van der Waals surface area contributed by atoms with E-state index in [-0.39, 0.29) is 0 Å². The van der Waals surface area contributed by atoms with Gasteiger partial charge >= 0.3 is 0 Å². The van der Waals surface area contributed by atoms with Crippen LogP contribution in [0.15, 0.2) is 18.3 Å². The van der Waals surface area contributed by atoms with Crippen LogP contribution in [0.25, 0.3) is 0 Å². The maximum absolute atomic E-state index is 4.52. The quantitative estimate of drug-likeness (QED) is 0.917. The van der Waals surface area contributed by atoms with Crippen molar-refractivity contribution in [3.8, 4) is 0 Å². The lowest BCUT2D eigenvalue weighted by atomic mass is 9.99. The van der Waals surface area contributed by atoms with Crippen LogP contribution in [0.1, 0.15) is 37.8 Å². The Labute approximate surface area is 127 Å². The fourth-order valence-electron chi connectivity index (χ4n) is 3.69. The molecule has 2 saturated heterocycles. The van der Waals surface area contributed by atoms with Crippen molar-refractivity contribution in [1.82, 2.24) is 15.2 Å². The highest BCUT2D eigenvalue weighted by Gasteiger charge is 2.29. The van der Waals surface area contributed by atoms with E-state index in [4.69, 9.17) is 0 Å². The van der Waals surface area contributed by atoms with E-state index in [0.717, 1.165) is 25.2 Å². The van der Waals surface area contributed by atoms with Gasteiger partial charge in [-0.15, -0.1) is 0 Å². The first kappa shape index (κ1) is 13.5. The van der Waals surface area contributed by atoms with E-state index >= 15 is 0 Å². The minimum absolute atomic E-state index is 0.751. The molecule has 0 amide bonds. The first-order valence-electron chi connectivity index (χ1n) is 8.56. The number of hydrogen-bond acceptors (Lipinski definition) is 4. The number of piperidine rings is 1. The first-order valence-corrected chi connectivity index (χ1v) is 8.56. The summed E-state index contributed by atoms with van der Waals surface area (Å²) in [5, 5.41) is 3.56. The van der Waals surface area contributed by atoms with E-state index in [9.17, 15) is 0 Å². The standard InChI is InChI=1S/C17H26N4/c1-2-8-20-9-10-21(13-17(20)3-1)16-6-7-18-15(11-16)12-19-14-4-5-14/h6-7,11,14,17,19H,1-5,8-10,12-13H2. The molecule has 0 spiro atoms. The molecule has 0 radical (unpaired) electrons. The maximum Gasteiger partial charge on any atom is 0.0562 e. The molecular formula is C17H26N4. The van der Waals surface area contributed by atoms with Crippen LogP contribution < -0.4 is 10.2 Å². The SMILES string of the molecule is c1cc(N2CCN3CCCCC3C2)cc(CNC2CC2)n1. The third kappa shape index (κ3) is 3.22. The molecular weight excluding hydrogens is 260 g/mol. The molecule has 4 heteroatoms. The highest BCUT2D eigenvalue weighted by molar-refractivity contribution is 5.47. The summed E-state index contributed by atoms with van der Waals surface area (Å²) in [5.74, 6) is 0. The average molecular weight is 286 g/mol. The molecule has 21 heavy (non-hydrogen) atoms. The predicted octanol–water partition coefficient (Wildman–Crippen LogP) is 2.01. The van der Waals surface area contributed by atoms with E-state index in [2.05, 4.69) is 32.2 Å². The van der Waals surface area contributed by atoms with Gasteiger partial charge in [0.15, 0.2) is 0 Å². The van der Waals surface area contributed by atoms with Crippen molar-refractivity contribution in [1.29, 1.82) is 0 Å². The van der Waals surface area contributed by atoms with Gasteiger partial charge in [-0.25, -0.2) is 0 Å². The van der Waals surface area contributed by atoms with E-state index in [1.807, 2.05) is 6.20 Å². The largest absolute Gasteiger partial charge is 0.369 e. The van der Waals surface area contributed by atoms with Crippen LogP contribution in [0.4, 0.5) is 5.69 Å². The molecule has 4 rings (SSSR count). The molecule has 4 nitrogen and oxygen atoms in total. The summed E-state index contributed by atoms with van der Waals surface area (Å²) in [6.07, 6.45) is 8.82. The molecule has 1 N–H and O–H groups in total. The zero-order valence-electron chi connectivity index (χ0n) is 12.8. The van der Waals surface area contributed by atoms with Crippen molar-refractivity contribution < 1.29 is 0 Å². The Hall–Kier alpha value is -1.13. The summed E-state index contributed by atoms with van der Waals surface area (Å²) < 4.78 is 0. The van der Waals surface area contributed by atoms with Gasteiger partial charge in [0.2, 0.25) is 0 Å². The molecule has 114 valence electrons. The number of aromatic nitrogens is 1. The second kappa shape index (κ2) is 5.93. The number of anilines is 1. The zero-order valence-corrected chi connectivity index (χ0v) is 12.8. The van der Waals surface area contributed by atoms with Crippen LogP contribution in [-0.4, -0.2) is 48.1 Å². The highest BCUT2D eigenvalue weighted by Crippen LogP contribution is 2.25. The Morgan fingerprint density at radius 3 is 3.00 bits per heavy atom. The summed E-state index contributed by atoms with van der Waals surface area (Å²) in [7, 11) is 0. The minimum Gasteiger partial charge on any atom is -0.369 e. The minimum atomic E-state index is 0.751. The van der Waals surface area contributed by atoms with Crippen LogP contribution in [0.5, 0.6) is 0 Å². The Morgan fingerprint density at radius 1 is 1.14 bits per heavy atom. The second-order valence-electron chi connectivity index (χ2n) is 6.79. The van der Waals surface area contributed by atoms with Crippen molar-refractivity contribution in [2.24, 2.45) is 0 Å². The Balaban J connectivity index is 1.41. The average Bonchev–Trinajstić information content (AvgIpc) is 3.37. The van der Waals surface area contributed by atoms with Gasteiger partial charge in [0.25, 0.3) is 0 Å². The number of piperazine rings is 1. The molecule has 1 atom stereocenters. The summed E-state index contributed by atoms with van der Waals surface area (Å²) in [5.41, 5.74) is 2.55. The van der Waals surface area contributed by atoms with Gasteiger partial charge in [0.05, 0.1) is 5.69 Å². The lowest BCUT2D eigenvalue weighted by Crippen LogP contribution is -2.54. The first-order chi connectivity index (χ1) is 10.4. The number of nitrogens with one attached hydrogen (secondary N) is 1. The molecule has 3 aliphatic rings.